The fourth-order valence-corrected chi connectivity index (χ4v) is 5.58. The molecule has 1 fully saturated rings. The fraction of sp³-hybridized carbons (Fsp3) is 0.292. The van der Waals surface area contributed by atoms with Gasteiger partial charge < -0.3 is 15.4 Å². The largest absolute Gasteiger partial charge is 0.497 e. The van der Waals surface area contributed by atoms with Gasteiger partial charge in [-0.25, -0.2) is 0 Å². The number of rotatable bonds is 5. The molecule has 0 atom stereocenters. The van der Waals surface area contributed by atoms with Gasteiger partial charge in [-0.15, -0.1) is 11.3 Å². The quantitative estimate of drug-likeness (QED) is 0.388. The van der Waals surface area contributed by atoms with Gasteiger partial charge >= 0.3 is 0 Å². The summed E-state index contributed by atoms with van der Waals surface area (Å²) in [5, 5.41) is 9.99. The molecule has 0 radical (unpaired) electrons. The van der Waals surface area contributed by atoms with Gasteiger partial charge in [-0.3, -0.25) is 14.9 Å². The summed E-state index contributed by atoms with van der Waals surface area (Å²) in [6, 6.07) is 12.7. The molecule has 6 nitrogen and oxygen atoms in total. The van der Waals surface area contributed by atoms with E-state index in [1.807, 2.05) is 12.1 Å². The molecule has 0 spiro atoms. The Labute approximate surface area is 206 Å². The van der Waals surface area contributed by atoms with Gasteiger partial charge in [-0.1, -0.05) is 43.0 Å². The van der Waals surface area contributed by atoms with Crippen molar-refractivity contribution in [3.63, 3.8) is 0 Å². The van der Waals surface area contributed by atoms with Crippen molar-refractivity contribution in [2.45, 2.75) is 38.1 Å². The van der Waals surface area contributed by atoms with Crippen molar-refractivity contribution in [1.29, 1.82) is 0 Å². The number of thiophene rings is 1. The smallest absolute Gasteiger partial charge is 0.269 e. The summed E-state index contributed by atoms with van der Waals surface area (Å²) >= 11 is 13.1. The topological polar surface area (TPSA) is 79.5 Å². The van der Waals surface area contributed by atoms with Gasteiger partial charge in [0, 0.05) is 16.1 Å². The Kier molecular flexibility index (Phi) is 7.47. The molecule has 9 heteroatoms. The van der Waals surface area contributed by atoms with E-state index in [4.69, 9.17) is 28.6 Å². The SMILES string of the molecule is COc1ccc2c(Cl)c(C(=O)NC(=S)Nc3ccccc3C(=O)NC3CCCCC3)sc2c1. The Morgan fingerprint density at radius 1 is 1.09 bits per heavy atom. The molecule has 2 aromatic carbocycles. The molecule has 0 unspecified atom stereocenters. The maximum Gasteiger partial charge on any atom is 0.269 e. The van der Waals surface area contributed by atoms with E-state index in [1.54, 1.807) is 37.4 Å². The van der Waals surface area contributed by atoms with Crippen molar-refractivity contribution in [3.05, 3.63) is 57.9 Å². The average molecular weight is 502 g/mol. The number of hydrogen-bond acceptors (Lipinski definition) is 5. The first-order valence-electron chi connectivity index (χ1n) is 10.7. The van der Waals surface area contributed by atoms with Gasteiger partial charge in [-0.2, -0.15) is 0 Å². The number of nitrogens with one attached hydrogen (secondary N) is 3. The van der Waals surface area contributed by atoms with Crippen LogP contribution in [0, 0.1) is 0 Å². The van der Waals surface area contributed by atoms with E-state index in [1.165, 1.54) is 17.8 Å². The van der Waals surface area contributed by atoms with E-state index in [0.29, 0.717) is 26.9 Å². The number of amides is 2. The van der Waals surface area contributed by atoms with E-state index in [-0.39, 0.29) is 17.1 Å². The van der Waals surface area contributed by atoms with Crippen molar-refractivity contribution >= 4 is 67.9 Å². The first kappa shape index (κ1) is 23.5. The molecule has 2 amide bonds. The summed E-state index contributed by atoms with van der Waals surface area (Å²) in [5.41, 5.74) is 1.01. The number of fused-ring (bicyclic) bond motifs is 1. The van der Waals surface area contributed by atoms with Gasteiger partial charge in [0.1, 0.15) is 10.6 Å². The minimum Gasteiger partial charge on any atom is -0.497 e. The van der Waals surface area contributed by atoms with Crippen LogP contribution in [0.2, 0.25) is 5.02 Å². The van der Waals surface area contributed by atoms with Crippen LogP contribution in [-0.2, 0) is 0 Å². The number of carbonyl (C=O) groups excluding carboxylic acids is 2. The molecule has 3 aromatic rings. The zero-order chi connectivity index (χ0) is 23.4. The number of benzene rings is 2. The highest BCUT2D eigenvalue weighted by Gasteiger charge is 2.21. The Bertz CT molecular complexity index is 1200. The number of thiocarbonyl (C=S) groups is 1. The summed E-state index contributed by atoms with van der Waals surface area (Å²) in [7, 11) is 1.58. The Hall–Kier alpha value is -2.68. The molecule has 0 bridgehead atoms. The van der Waals surface area contributed by atoms with Gasteiger partial charge in [-0.05, 0) is 55.4 Å². The lowest BCUT2D eigenvalue weighted by Crippen LogP contribution is -2.37. The third kappa shape index (κ3) is 5.46. The minimum absolute atomic E-state index is 0.0871. The van der Waals surface area contributed by atoms with E-state index in [2.05, 4.69) is 16.0 Å². The molecular weight excluding hydrogens is 478 g/mol. The van der Waals surface area contributed by atoms with Gasteiger partial charge in [0.25, 0.3) is 11.8 Å². The maximum absolute atomic E-state index is 12.8. The molecule has 33 heavy (non-hydrogen) atoms. The Morgan fingerprint density at radius 2 is 1.85 bits per heavy atom. The summed E-state index contributed by atoms with van der Waals surface area (Å²) in [4.78, 5) is 26.1. The molecule has 4 rings (SSSR count). The van der Waals surface area contributed by atoms with Crippen LogP contribution in [0.1, 0.15) is 52.1 Å². The molecule has 3 N–H and O–H groups in total. The van der Waals surface area contributed by atoms with Crippen LogP contribution in [0.5, 0.6) is 5.75 Å². The number of carbonyl (C=O) groups is 2. The normalized spacial score (nSPS) is 14.0. The molecular formula is C24H24ClN3O3S2. The van der Waals surface area contributed by atoms with Crippen molar-refractivity contribution in [2.24, 2.45) is 0 Å². The monoisotopic (exact) mass is 501 g/mol. The second-order valence-electron chi connectivity index (χ2n) is 7.87. The molecule has 1 aliphatic rings. The van der Waals surface area contributed by atoms with Gasteiger partial charge in [0.05, 0.1) is 23.4 Å². The Balaban J connectivity index is 1.45. The standard InChI is InChI=1S/C24H24ClN3O3S2/c1-31-15-11-12-17-19(13-15)33-21(20(17)25)23(30)28-24(32)27-18-10-6-5-9-16(18)22(29)26-14-7-3-2-4-8-14/h5-6,9-14H,2-4,7-8H2,1H3,(H,26,29)(H2,27,28,30,32). The number of ether oxygens (including phenoxy) is 1. The van der Waals surface area contributed by atoms with E-state index >= 15 is 0 Å². The van der Waals surface area contributed by atoms with Crippen LogP contribution < -0.4 is 20.7 Å². The summed E-state index contributed by atoms with van der Waals surface area (Å²) < 4.78 is 6.08. The molecule has 0 saturated heterocycles. The molecule has 1 aliphatic carbocycles. The molecule has 172 valence electrons. The molecule has 1 heterocycles. The zero-order valence-corrected chi connectivity index (χ0v) is 20.5. The molecule has 1 saturated carbocycles. The van der Waals surface area contributed by atoms with Crippen molar-refractivity contribution in [2.75, 3.05) is 12.4 Å². The summed E-state index contributed by atoms with van der Waals surface area (Å²) in [5.74, 6) is 0.120. The first-order valence-corrected chi connectivity index (χ1v) is 12.3. The highest BCUT2D eigenvalue weighted by Crippen LogP contribution is 2.37. The molecule has 1 aromatic heterocycles. The van der Waals surface area contributed by atoms with Crippen molar-refractivity contribution in [3.8, 4) is 5.75 Å². The number of para-hydroxylation sites is 1. The van der Waals surface area contributed by atoms with Crippen LogP contribution in [0.25, 0.3) is 10.1 Å². The lowest BCUT2D eigenvalue weighted by atomic mass is 9.95. The summed E-state index contributed by atoms with van der Waals surface area (Å²) in [6.07, 6.45) is 5.48. The van der Waals surface area contributed by atoms with E-state index < -0.39 is 5.91 Å². The highest BCUT2D eigenvalue weighted by atomic mass is 35.5. The number of halogens is 1. The third-order valence-corrected chi connectivity index (χ3v) is 7.49. The van der Waals surface area contributed by atoms with Gasteiger partial charge in [0.15, 0.2) is 5.11 Å². The maximum atomic E-state index is 12.8. The average Bonchev–Trinajstić information content (AvgIpc) is 3.15. The summed E-state index contributed by atoms with van der Waals surface area (Å²) in [6.45, 7) is 0. The lowest BCUT2D eigenvalue weighted by Gasteiger charge is -2.23. The minimum atomic E-state index is -0.415. The van der Waals surface area contributed by atoms with E-state index in [0.717, 1.165) is 35.8 Å². The predicted molar refractivity (Wildman–Crippen MR) is 138 cm³/mol. The van der Waals surface area contributed by atoms with Crippen molar-refractivity contribution in [1.82, 2.24) is 10.6 Å². The second kappa shape index (κ2) is 10.5. The van der Waals surface area contributed by atoms with Crippen LogP contribution >= 0.6 is 35.2 Å². The van der Waals surface area contributed by atoms with Crippen LogP contribution in [-0.4, -0.2) is 30.1 Å². The second-order valence-corrected chi connectivity index (χ2v) is 9.71. The van der Waals surface area contributed by atoms with Crippen LogP contribution in [0.4, 0.5) is 5.69 Å². The predicted octanol–water partition coefficient (Wildman–Crippen LogP) is 5.75. The number of methoxy groups -OCH3 is 1. The highest BCUT2D eigenvalue weighted by molar-refractivity contribution is 7.80. The number of hydrogen-bond donors (Lipinski definition) is 3. The fourth-order valence-electron chi connectivity index (χ4n) is 3.93. The molecule has 0 aliphatic heterocycles. The Morgan fingerprint density at radius 3 is 2.61 bits per heavy atom. The van der Waals surface area contributed by atoms with Crippen LogP contribution in [0.15, 0.2) is 42.5 Å². The first-order chi connectivity index (χ1) is 16.0. The van der Waals surface area contributed by atoms with Crippen LogP contribution in [0.3, 0.4) is 0 Å². The zero-order valence-electron chi connectivity index (χ0n) is 18.1. The third-order valence-electron chi connectivity index (χ3n) is 5.63. The lowest BCUT2D eigenvalue weighted by molar-refractivity contribution is 0.0927. The number of anilines is 1. The van der Waals surface area contributed by atoms with E-state index in [9.17, 15) is 9.59 Å². The van der Waals surface area contributed by atoms with Crippen molar-refractivity contribution < 1.29 is 14.3 Å². The van der Waals surface area contributed by atoms with Gasteiger partial charge in [0.2, 0.25) is 0 Å².